The Balaban J connectivity index is 1.93. The number of rotatable bonds is 7. The summed E-state index contributed by atoms with van der Waals surface area (Å²) < 4.78 is 8.27. The normalized spacial score (nSPS) is 10.8. The standard InChI is InChI=1S/C14H18BrN3O/c1-19-7-6-16-8-14-9-17-11-18(14)10-12-2-4-13(15)5-3-12/h2-5,9,11,16H,6-8,10H2,1H3. The number of imidazole rings is 1. The first-order chi connectivity index (χ1) is 9.29. The smallest absolute Gasteiger partial charge is 0.0951 e. The number of benzene rings is 1. The summed E-state index contributed by atoms with van der Waals surface area (Å²) in [5.41, 5.74) is 2.44. The third-order valence-electron chi connectivity index (χ3n) is 2.85. The van der Waals surface area contributed by atoms with Crippen molar-refractivity contribution in [3.63, 3.8) is 0 Å². The van der Waals surface area contributed by atoms with E-state index in [0.29, 0.717) is 0 Å². The molecule has 0 radical (unpaired) electrons. The summed E-state index contributed by atoms with van der Waals surface area (Å²) in [7, 11) is 1.71. The largest absolute Gasteiger partial charge is 0.383 e. The molecule has 2 aromatic rings. The summed E-state index contributed by atoms with van der Waals surface area (Å²) in [5, 5.41) is 3.33. The van der Waals surface area contributed by atoms with Crippen LogP contribution in [0.4, 0.5) is 0 Å². The lowest BCUT2D eigenvalue weighted by Crippen LogP contribution is -2.20. The Bertz CT molecular complexity index is 496. The van der Waals surface area contributed by atoms with Crippen LogP contribution in [0, 0.1) is 0 Å². The van der Waals surface area contributed by atoms with Crippen molar-refractivity contribution in [3.05, 3.63) is 52.5 Å². The van der Waals surface area contributed by atoms with Gasteiger partial charge in [0.15, 0.2) is 0 Å². The lowest BCUT2D eigenvalue weighted by molar-refractivity contribution is 0.199. The lowest BCUT2D eigenvalue weighted by Gasteiger charge is -2.09. The van der Waals surface area contributed by atoms with Crippen molar-refractivity contribution >= 4 is 15.9 Å². The van der Waals surface area contributed by atoms with E-state index in [-0.39, 0.29) is 0 Å². The topological polar surface area (TPSA) is 39.1 Å². The van der Waals surface area contributed by atoms with Crippen LogP contribution in [0.15, 0.2) is 41.3 Å². The predicted molar refractivity (Wildman–Crippen MR) is 79.1 cm³/mol. The number of aromatic nitrogens is 2. The molecule has 1 aromatic carbocycles. The van der Waals surface area contributed by atoms with Crippen molar-refractivity contribution in [2.75, 3.05) is 20.3 Å². The van der Waals surface area contributed by atoms with Crippen LogP contribution in [0.5, 0.6) is 0 Å². The highest BCUT2D eigenvalue weighted by atomic mass is 79.9. The van der Waals surface area contributed by atoms with Crippen molar-refractivity contribution in [2.45, 2.75) is 13.1 Å². The van der Waals surface area contributed by atoms with Gasteiger partial charge in [-0.2, -0.15) is 0 Å². The first-order valence-electron chi connectivity index (χ1n) is 6.22. The molecule has 102 valence electrons. The molecule has 0 unspecified atom stereocenters. The van der Waals surface area contributed by atoms with Gasteiger partial charge in [0.1, 0.15) is 0 Å². The molecule has 0 spiro atoms. The number of hydrogen-bond donors (Lipinski definition) is 1. The Morgan fingerprint density at radius 2 is 2.11 bits per heavy atom. The molecule has 1 heterocycles. The molecular formula is C14H18BrN3O. The second-order valence-electron chi connectivity index (χ2n) is 4.31. The molecule has 0 aliphatic heterocycles. The highest BCUT2D eigenvalue weighted by molar-refractivity contribution is 9.10. The van der Waals surface area contributed by atoms with Crippen molar-refractivity contribution < 1.29 is 4.74 Å². The lowest BCUT2D eigenvalue weighted by atomic mass is 10.2. The maximum Gasteiger partial charge on any atom is 0.0951 e. The maximum absolute atomic E-state index is 5.01. The molecule has 5 heteroatoms. The van der Waals surface area contributed by atoms with Crippen LogP contribution in [0.1, 0.15) is 11.3 Å². The van der Waals surface area contributed by atoms with Crippen molar-refractivity contribution in [2.24, 2.45) is 0 Å². The Kier molecular flexibility index (Phi) is 5.57. The first-order valence-corrected chi connectivity index (χ1v) is 7.02. The van der Waals surface area contributed by atoms with E-state index in [1.54, 1.807) is 7.11 Å². The second-order valence-corrected chi connectivity index (χ2v) is 5.22. The molecule has 0 aliphatic rings. The van der Waals surface area contributed by atoms with Crippen LogP contribution < -0.4 is 5.32 Å². The molecule has 0 atom stereocenters. The number of methoxy groups -OCH3 is 1. The van der Waals surface area contributed by atoms with E-state index >= 15 is 0 Å². The third-order valence-corrected chi connectivity index (χ3v) is 3.38. The number of nitrogens with one attached hydrogen (secondary N) is 1. The molecule has 19 heavy (non-hydrogen) atoms. The van der Waals surface area contributed by atoms with E-state index in [1.165, 1.54) is 11.3 Å². The summed E-state index contributed by atoms with van der Waals surface area (Å²) >= 11 is 3.45. The first kappa shape index (κ1) is 14.2. The minimum Gasteiger partial charge on any atom is -0.383 e. The molecule has 0 saturated heterocycles. The van der Waals surface area contributed by atoms with Gasteiger partial charge in [0, 0.05) is 37.4 Å². The fraction of sp³-hybridized carbons (Fsp3) is 0.357. The van der Waals surface area contributed by atoms with Crippen LogP contribution in [0.3, 0.4) is 0 Å². The van der Waals surface area contributed by atoms with Gasteiger partial charge in [0.25, 0.3) is 0 Å². The van der Waals surface area contributed by atoms with Gasteiger partial charge in [-0.1, -0.05) is 28.1 Å². The van der Waals surface area contributed by atoms with Crippen LogP contribution in [0.2, 0.25) is 0 Å². The highest BCUT2D eigenvalue weighted by Gasteiger charge is 2.02. The summed E-state index contributed by atoms with van der Waals surface area (Å²) in [6.07, 6.45) is 3.77. The Morgan fingerprint density at radius 1 is 1.32 bits per heavy atom. The predicted octanol–water partition coefficient (Wildman–Crippen LogP) is 2.43. The third kappa shape index (κ3) is 4.45. The Hall–Kier alpha value is -1.17. The summed E-state index contributed by atoms with van der Waals surface area (Å²) in [6.45, 7) is 3.22. The number of ether oxygens (including phenoxy) is 1. The molecule has 2 rings (SSSR count). The zero-order valence-electron chi connectivity index (χ0n) is 11.0. The fourth-order valence-electron chi connectivity index (χ4n) is 1.81. The van der Waals surface area contributed by atoms with Gasteiger partial charge < -0.3 is 14.6 Å². The van der Waals surface area contributed by atoms with E-state index in [9.17, 15) is 0 Å². The van der Waals surface area contributed by atoms with E-state index in [2.05, 4.69) is 55.1 Å². The van der Waals surface area contributed by atoms with Crippen molar-refractivity contribution in [1.82, 2.24) is 14.9 Å². The monoisotopic (exact) mass is 323 g/mol. The molecule has 0 aliphatic carbocycles. The van der Waals surface area contributed by atoms with E-state index < -0.39 is 0 Å². The maximum atomic E-state index is 5.01. The summed E-state index contributed by atoms with van der Waals surface area (Å²) in [5.74, 6) is 0. The SMILES string of the molecule is COCCNCc1cncn1Cc1ccc(Br)cc1. The van der Waals surface area contributed by atoms with Gasteiger partial charge in [0.2, 0.25) is 0 Å². The van der Waals surface area contributed by atoms with Gasteiger partial charge in [-0.25, -0.2) is 4.98 Å². The Morgan fingerprint density at radius 3 is 2.84 bits per heavy atom. The van der Waals surface area contributed by atoms with E-state index in [0.717, 1.165) is 30.7 Å². The molecule has 0 amide bonds. The minimum absolute atomic E-state index is 0.723. The second kappa shape index (κ2) is 7.43. The van der Waals surface area contributed by atoms with Crippen LogP contribution in [0.25, 0.3) is 0 Å². The molecule has 4 nitrogen and oxygen atoms in total. The zero-order chi connectivity index (χ0) is 13.5. The molecule has 1 N–H and O–H groups in total. The highest BCUT2D eigenvalue weighted by Crippen LogP contribution is 2.12. The average molecular weight is 324 g/mol. The Labute approximate surface area is 121 Å². The van der Waals surface area contributed by atoms with Crippen molar-refractivity contribution in [1.29, 1.82) is 0 Å². The zero-order valence-corrected chi connectivity index (χ0v) is 12.6. The van der Waals surface area contributed by atoms with Crippen LogP contribution in [-0.2, 0) is 17.8 Å². The minimum atomic E-state index is 0.723. The van der Waals surface area contributed by atoms with Crippen molar-refractivity contribution in [3.8, 4) is 0 Å². The number of hydrogen-bond acceptors (Lipinski definition) is 3. The fourth-order valence-corrected chi connectivity index (χ4v) is 2.08. The molecule has 0 bridgehead atoms. The number of nitrogens with zero attached hydrogens (tertiary/aromatic N) is 2. The van der Waals surface area contributed by atoms with Gasteiger partial charge in [-0.15, -0.1) is 0 Å². The van der Waals surface area contributed by atoms with E-state index in [1.807, 2.05) is 12.5 Å². The van der Waals surface area contributed by atoms with Crippen LogP contribution >= 0.6 is 15.9 Å². The molecule has 0 fully saturated rings. The van der Waals surface area contributed by atoms with Gasteiger partial charge in [-0.05, 0) is 17.7 Å². The molecule has 1 aromatic heterocycles. The average Bonchev–Trinajstić information content (AvgIpc) is 2.85. The van der Waals surface area contributed by atoms with Gasteiger partial charge in [0.05, 0.1) is 18.6 Å². The van der Waals surface area contributed by atoms with Gasteiger partial charge in [-0.3, -0.25) is 0 Å². The van der Waals surface area contributed by atoms with Crippen LogP contribution in [-0.4, -0.2) is 29.8 Å². The summed E-state index contributed by atoms with van der Waals surface area (Å²) in [6, 6.07) is 8.35. The summed E-state index contributed by atoms with van der Waals surface area (Å²) in [4.78, 5) is 4.22. The number of halogens is 1. The molecular weight excluding hydrogens is 306 g/mol. The quantitative estimate of drug-likeness (QED) is 0.795. The van der Waals surface area contributed by atoms with E-state index in [4.69, 9.17) is 4.74 Å². The van der Waals surface area contributed by atoms with Gasteiger partial charge >= 0.3 is 0 Å². The molecule has 0 saturated carbocycles.